The number of fused-ring (bicyclic) bond motifs is 2. The molecule has 0 saturated carbocycles. The number of benzene rings is 2. The van der Waals surface area contributed by atoms with Crippen LogP contribution >= 0.6 is 0 Å². The molecule has 0 saturated heterocycles. The van der Waals surface area contributed by atoms with Gasteiger partial charge in [0.1, 0.15) is 5.65 Å². The quantitative estimate of drug-likeness (QED) is 0.520. The largest absolute Gasteiger partial charge is 0.345 e. The van der Waals surface area contributed by atoms with Gasteiger partial charge in [0.2, 0.25) is 0 Å². The molecule has 0 radical (unpaired) electrons. The van der Waals surface area contributed by atoms with Gasteiger partial charge in [-0.15, -0.1) is 0 Å². The summed E-state index contributed by atoms with van der Waals surface area (Å²) in [6, 6.07) is 19.1. The van der Waals surface area contributed by atoms with Crippen LogP contribution in [0.2, 0.25) is 0 Å². The van der Waals surface area contributed by atoms with E-state index in [1.165, 1.54) is 22.3 Å². The van der Waals surface area contributed by atoms with E-state index in [9.17, 15) is 0 Å². The van der Waals surface area contributed by atoms with E-state index in [2.05, 4.69) is 69.5 Å². The fourth-order valence-electron chi connectivity index (χ4n) is 3.06. The van der Waals surface area contributed by atoms with E-state index in [0.717, 1.165) is 16.7 Å². The molecule has 0 aliphatic heterocycles. The highest BCUT2D eigenvalue weighted by molar-refractivity contribution is 5.82. The Morgan fingerprint density at radius 3 is 2.29 bits per heavy atom. The van der Waals surface area contributed by atoms with Gasteiger partial charge in [-0.2, -0.15) is 0 Å². The summed E-state index contributed by atoms with van der Waals surface area (Å²) in [7, 11) is 0. The molecule has 5 aromatic rings. The molecule has 2 aromatic carbocycles. The van der Waals surface area contributed by atoms with Crippen molar-refractivity contribution >= 4 is 16.7 Å². The first kappa shape index (κ1) is 13.1. The zero-order valence-corrected chi connectivity index (χ0v) is 12.8. The molecule has 114 valence electrons. The summed E-state index contributed by atoms with van der Waals surface area (Å²) >= 11 is 0. The van der Waals surface area contributed by atoms with Gasteiger partial charge in [0.05, 0.1) is 17.4 Å². The van der Waals surface area contributed by atoms with Crippen LogP contribution in [0.25, 0.3) is 38.9 Å². The first-order valence-corrected chi connectivity index (χ1v) is 7.83. The van der Waals surface area contributed by atoms with Crippen LogP contribution in [-0.2, 0) is 0 Å². The Bertz CT molecular complexity index is 1060. The van der Waals surface area contributed by atoms with Crippen LogP contribution in [-0.4, -0.2) is 19.4 Å². The van der Waals surface area contributed by atoms with E-state index in [0.29, 0.717) is 0 Å². The minimum atomic E-state index is 0.959. The van der Waals surface area contributed by atoms with E-state index in [1.807, 2.05) is 23.0 Å². The highest BCUT2D eigenvalue weighted by Gasteiger charge is 2.04. The molecule has 5 rings (SSSR count). The number of H-pyrrole nitrogens is 1. The lowest BCUT2D eigenvalue weighted by atomic mass is 10.0. The number of hydrogen-bond acceptors (Lipinski definition) is 2. The molecule has 3 aromatic heterocycles. The van der Waals surface area contributed by atoms with Crippen molar-refractivity contribution in [1.29, 1.82) is 0 Å². The lowest BCUT2D eigenvalue weighted by molar-refractivity contribution is 1.19. The van der Waals surface area contributed by atoms with Crippen LogP contribution in [0.5, 0.6) is 0 Å². The van der Waals surface area contributed by atoms with E-state index < -0.39 is 0 Å². The predicted octanol–water partition coefficient (Wildman–Crippen LogP) is 4.54. The van der Waals surface area contributed by atoms with Gasteiger partial charge < -0.3 is 9.38 Å². The molecule has 0 aliphatic rings. The summed E-state index contributed by atoms with van der Waals surface area (Å²) < 4.78 is 2.01. The van der Waals surface area contributed by atoms with E-state index in [4.69, 9.17) is 0 Å². The predicted molar refractivity (Wildman–Crippen MR) is 95.7 cm³/mol. The van der Waals surface area contributed by atoms with Crippen LogP contribution in [0.3, 0.4) is 0 Å². The van der Waals surface area contributed by atoms with E-state index in [1.54, 1.807) is 6.33 Å². The Morgan fingerprint density at radius 2 is 1.46 bits per heavy atom. The van der Waals surface area contributed by atoms with Crippen molar-refractivity contribution in [3.8, 4) is 22.3 Å². The third-order valence-corrected chi connectivity index (χ3v) is 4.37. The summed E-state index contributed by atoms with van der Waals surface area (Å²) in [5, 5.41) is 0. The Balaban J connectivity index is 1.53. The van der Waals surface area contributed by atoms with Gasteiger partial charge in [-0.05, 0) is 46.5 Å². The molecule has 1 N–H and O–H groups in total. The second-order valence-corrected chi connectivity index (χ2v) is 5.82. The minimum absolute atomic E-state index is 0.959. The molecule has 0 bridgehead atoms. The van der Waals surface area contributed by atoms with E-state index >= 15 is 0 Å². The van der Waals surface area contributed by atoms with Gasteiger partial charge in [-0.25, -0.2) is 9.97 Å². The fourth-order valence-corrected chi connectivity index (χ4v) is 3.06. The first-order valence-electron chi connectivity index (χ1n) is 7.83. The van der Waals surface area contributed by atoms with Gasteiger partial charge in [-0.3, -0.25) is 0 Å². The van der Waals surface area contributed by atoms with Crippen molar-refractivity contribution in [2.75, 3.05) is 0 Å². The van der Waals surface area contributed by atoms with Gasteiger partial charge in [0.25, 0.3) is 0 Å². The van der Waals surface area contributed by atoms with Gasteiger partial charge in [0, 0.05) is 18.6 Å². The van der Waals surface area contributed by atoms with Crippen molar-refractivity contribution in [1.82, 2.24) is 19.4 Å². The molecule has 4 nitrogen and oxygen atoms in total. The highest BCUT2D eigenvalue weighted by Crippen LogP contribution is 2.27. The third kappa shape index (κ3) is 2.08. The number of aromatic amines is 1. The normalized spacial score (nSPS) is 11.3. The van der Waals surface area contributed by atoms with Crippen molar-refractivity contribution in [3.05, 3.63) is 79.5 Å². The lowest BCUT2D eigenvalue weighted by Crippen LogP contribution is -1.85. The molecule has 0 amide bonds. The highest BCUT2D eigenvalue weighted by atomic mass is 15.0. The molecule has 4 heteroatoms. The zero-order valence-electron chi connectivity index (χ0n) is 12.8. The molecular weight excluding hydrogens is 296 g/mol. The number of nitrogens with one attached hydrogen (secondary N) is 1. The molecule has 0 atom stereocenters. The summed E-state index contributed by atoms with van der Waals surface area (Å²) in [6.07, 6.45) is 7.53. The summed E-state index contributed by atoms with van der Waals surface area (Å²) in [4.78, 5) is 11.8. The standard InChI is InChI=1S/C20H14N4/c1-3-15(17-7-9-24-10-8-21-20(24)12-17)4-2-14(1)16-5-6-18-19(11-16)23-13-22-18/h1-13H,(H,22,23). The molecule has 3 heterocycles. The maximum absolute atomic E-state index is 4.35. The second kappa shape index (κ2) is 5.06. The minimum Gasteiger partial charge on any atom is -0.345 e. The molecule has 0 aliphatic carbocycles. The maximum atomic E-state index is 4.35. The van der Waals surface area contributed by atoms with Crippen LogP contribution in [0.1, 0.15) is 0 Å². The van der Waals surface area contributed by atoms with Crippen molar-refractivity contribution in [2.45, 2.75) is 0 Å². The van der Waals surface area contributed by atoms with Gasteiger partial charge in [-0.1, -0.05) is 30.3 Å². The average molecular weight is 310 g/mol. The average Bonchev–Trinajstić information content (AvgIpc) is 3.29. The Kier molecular flexibility index (Phi) is 2.76. The number of imidazole rings is 2. The SMILES string of the molecule is c1cn2ccc(-c3ccc(-c4ccc5[nH]cnc5c4)cc3)cc2n1. The zero-order chi connectivity index (χ0) is 15.9. The van der Waals surface area contributed by atoms with Gasteiger partial charge >= 0.3 is 0 Å². The first-order chi connectivity index (χ1) is 11.9. The maximum Gasteiger partial charge on any atom is 0.137 e. The number of rotatable bonds is 2. The monoisotopic (exact) mass is 310 g/mol. The van der Waals surface area contributed by atoms with Crippen LogP contribution in [0.4, 0.5) is 0 Å². The Morgan fingerprint density at radius 1 is 0.708 bits per heavy atom. The van der Waals surface area contributed by atoms with Crippen molar-refractivity contribution in [3.63, 3.8) is 0 Å². The van der Waals surface area contributed by atoms with E-state index in [-0.39, 0.29) is 0 Å². The second-order valence-electron chi connectivity index (χ2n) is 5.82. The van der Waals surface area contributed by atoms with Crippen molar-refractivity contribution < 1.29 is 0 Å². The number of hydrogen-bond donors (Lipinski definition) is 1. The fraction of sp³-hybridized carbons (Fsp3) is 0. The topological polar surface area (TPSA) is 46.0 Å². The Labute approximate surface area is 138 Å². The lowest BCUT2D eigenvalue weighted by Gasteiger charge is -2.06. The van der Waals surface area contributed by atoms with Crippen LogP contribution < -0.4 is 0 Å². The smallest absolute Gasteiger partial charge is 0.137 e. The number of aromatic nitrogens is 4. The molecule has 0 spiro atoms. The third-order valence-electron chi connectivity index (χ3n) is 4.37. The number of nitrogens with zero attached hydrogens (tertiary/aromatic N) is 3. The van der Waals surface area contributed by atoms with Crippen LogP contribution in [0, 0.1) is 0 Å². The van der Waals surface area contributed by atoms with Gasteiger partial charge in [0.15, 0.2) is 0 Å². The molecule has 24 heavy (non-hydrogen) atoms. The summed E-state index contributed by atoms with van der Waals surface area (Å²) in [5.41, 5.74) is 7.72. The van der Waals surface area contributed by atoms with Crippen LogP contribution in [0.15, 0.2) is 79.5 Å². The van der Waals surface area contributed by atoms with Crippen molar-refractivity contribution in [2.24, 2.45) is 0 Å². The molecule has 0 fully saturated rings. The summed E-state index contributed by atoms with van der Waals surface area (Å²) in [6.45, 7) is 0. The molecular formula is C20H14N4. The molecule has 0 unspecified atom stereocenters. The Hall–Kier alpha value is -3.40. The summed E-state index contributed by atoms with van der Waals surface area (Å²) in [5.74, 6) is 0. The number of pyridine rings is 1.